The Morgan fingerprint density at radius 1 is 0.739 bits per heavy atom. The molecular formula is C40H52N2O2S2. The minimum Gasteiger partial charge on any atom is -0.493 e. The summed E-state index contributed by atoms with van der Waals surface area (Å²) in [4.78, 5) is 9.92. The van der Waals surface area contributed by atoms with E-state index in [4.69, 9.17) is 22.6 Å². The number of para-hydroxylation sites is 1. The summed E-state index contributed by atoms with van der Waals surface area (Å²) in [6, 6.07) is 25.0. The van der Waals surface area contributed by atoms with Crippen LogP contribution >= 0.6 is 23.5 Å². The van der Waals surface area contributed by atoms with Crippen LogP contribution in [0.5, 0.6) is 11.5 Å². The van der Waals surface area contributed by atoms with E-state index >= 15 is 0 Å². The molecule has 0 heterocycles. The van der Waals surface area contributed by atoms with Crippen LogP contribution in [-0.2, 0) is 6.42 Å². The molecule has 3 aromatic carbocycles. The molecule has 0 aliphatic heterocycles. The molecule has 246 valence electrons. The molecule has 0 saturated heterocycles. The SMILES string of the molecule is CCCCSc1ccc(C)cc1.[C-]#[N+]C1(Cc2ccccc2)CCCCC1.[C-]#[N+]C1(Sc2cccc(OC)c2OC)CCCCC1. The van der Waals surface area contributed by atoms with Crippen LogP contribution in [0, 0.1) is 20.1 Å². The van der Waals surface area contributed by atoms with Crippen molar-refractivity contribution in [2.24, 2.45) is 0 Å². The third-order valence-corrected chi connectivity index (χ3v) is 11.2. The Labute approximate surface area is 287 Å². The zero-order chi connectivity index (χ0) is 33.1. The second kappa shape index (κ2) is 20.2. The lowest BCUT2D eigenvalue weighted by Crippen LogP contribution is -2.30. The minimum absolute atomic E-state index is 0.0837. The van der Waals surface area contributed by atoms with Crippen molar-refractivity contribution in [3.8, 4) is 11.5 Å². The molecule has 0 amide bonds. The maximum Gasteiger partial charge on any atom is 0.282 e. The molecule has 2 fully saturated rings. The van der Waals surface area contributed by atoms with Crippen LogP contribution in [0.25, 0.3) is 9.69 Å². The third-order valence-electron chi connectivity index (χ3n) is 8.69. The summed E-state index contributed by atoms with van der Waals surface area (Å²) in [6.45, 7) is 19.3. The van der Waals surface area contributed by atoms with E-state index in [9.17, 15) is 0 Å². The van der Waals surface area contributed by atoms with Crippen molar-refractivity contribution in [3.63, 3.8) is 0 Å². The third kappa shape index (κ3) is 11.9. The zero-order valence-corrected chi connectivity index (χ0v) is 30.0. The Bertz CT molecular complexity index is 1370. The number of thioether (sulfide) groups is 2. The van der Waals surface area contributed by atoms with Gasteiger partial charge in [0.15, 0.2) is 11.5 Å². The van der Waals surface area contributed by atoms with Gasteiger partial charge in [0, 0.05) is 30.6 Å². The number of aryl methyl sites for hydroxylation is 1. The van der Waals surface area contributed by atoms with Gasteiger partial charge in [-0.3, -0.25) is 4.85 Å². The number of rotatable bonds is 10. The van der Waals surface area contributed by atoms with Gasteiger partial charge in [0.05, 0.1) is 25.5 Å². The number of hydrogen-bond donors (Lipinski definition) is 0. The highest BCUT2D eigenvalue weighted by molar-refractivity contribution is 8.01. The fourth-order valence-corrected chi connectivity index (χ4v) is 8.33. The summed E-state index contributed by atoms with van der Waals surface area (Å²) >= 11 is 3.59. The first-order chi connectivity index (χ1) is 22.4. The molecule has 0 N–H and O–H groups in total. The van der Waals surface area contributed by atoms with Crippen LogP contribution in [0.2, 0.25) is 0 Å². The normalized spacial score (nSPS) is 16.2. The van der Waals surface area contributed by atoms with E-state index in [1.165, 1.54) is 60.3 Å². The number of unbranched alkanes of at least 4 members (excludes halogenated alkanes) is 1. The van der Waals surface area contributed by atoms with Crippen molar-refractivity contribution < 1.29 is 9.47 Å². The van der Waals surface area contributed by atoms with Gasteiger partial charge >= 0.3 is 0 Å². The van der Waals surface area contributed by atoms with E-state index < -0.39 is 0 Å². The Morgan fingerprint density at radius 3 is 1.96 bits per heavy atom. The van der Waals surface area contributed by atoms with Gasteiger partial charge in [-0.1, -0.05) is 80.3 Å². The van der Waals surface area contributed by atoms with Gasteiger partial charge in [-0.05, 0) is 86.4 Å². The van der Waals surface area contributed by atoms with Gasteiger partial charge in [-0.15, -0.1) is 11.8 Å². The standard InChI is InChI=1S/C15H19NO2S.C14H17N.C11H16S/c1-16-15(10-5-4-6-11-15)19-13-9-7-8-12(17-2)14(13)18-3;1-15-14(10-6-3-7-11-14)12-13-8-4-2-5-9-13;1-3-4-9-12-11-7-5-10(2)6-8-11/h7-9H,4-6,10-11H2,2-3H3;2,4-5,8-9H,3,6-7,10-12H2;5-8H,3-4,9H2,1-2H3. The van der Waals surface area contributed by atoms with Crippen molar-refractivity contribution in [2.75, 3.05) is 20.0 Å². The average molecular weight is 657 g/mol. The summed E-state index contributed by atoms with van der Waals surface area (Å²) in [6.07, 6.45) is 14.9. The monoisotopic (exact) mass is 656 g/mol. The molecule has 2 saturated carbocycles. The van der Waals surface area contributed by atoms with Crippen molar-refractivity contribution in [1.29, 1.82) is 0 Å². The molecule has 0 aromatic heterocycles. The predicted molar refractivity (Wildman–Crippen MR) is 197 cm³/mol. The van der Waals surface area contributed by atoms with Crippen LogP contribution in [0.1, 0.15) is 95.1 Å². The Balaban J connectivity index is 0.000000193. The molecule has 0 unspecified atom stereocenters. The average Bonchev–Trinajstić information content (AvgIpc) is 3.11. The summed E-state index contributed by atoms with van der Waals surface area (Å²) < 4.78 is 10.8. The van der Waals surface area contributed by atoms with Crippen molar-refractivity contribution in [3.05, 3.63) is 107 Å². The van der Waals surface area contributed by atoms with E-state index in [0.29, 0.717) is 0 Å². The number of ether oxygens (including phenoxy) is 2. The minimum atomic E-state index is -0.322. The molecule has 0 atom stereocenters. The maximum atomic E-state index is 7.55. The van der Waals surface area contributed by atoms with E-state index in [-0.39, 0.29) is 10.4 Å². The lowest BCUT2D eigenvalue weighted by atomic mass is 9.78. The molecule has 0 bridgehead atoms. The fraction of sp³-hybridized carbons (Fsp3) is 0.500. The molecule has 5 rings (SSSR count). The molecule has 0 spiro atoms. The predicted octanol–water partition coefficient (Wildman–Crippen LogP) is 12.1. The van der Waals surface area contributed by atoms with Crippen molar-refractivity contribution in [2.45, 2.75) is 118 Å². The van der Waals surface area contributed by atoms with Crippen LogP contribution in [-0.4, -0.2) is 30.4 Å². The number of hydrogen-bond acceptors (Lipinski definition) is 4. The molecule has 46 heavy (non-hydrogen) atoms. The molecule has 2 aliphatic rings. The van der Waals surface area contributed by atoms with Crippen LogP contribution < -0.4 is 9.47 Å². The fourth-order valence-electron chi connectivity index (χ4n) is 5.97. The quantitative estimate of drug-likeness (QED) is 0.123. The first kappa shape index (κ1) is 37.4. The maximum absolute atomic E-state index is 7.55. The van der Waals surface area contributed by atoms with E-state index in [1.807, 2.05) is 36.0 Å². The highest BCUT2D eigenvalue weighted by Gasteiger charge is 2.40. The number of nitrogens with zero attached hydrogens (tertiary/aromatic N) is 2. The second-order valence-corrected chi connectivity index (χ2v) is 14.9. The van der Waals surface area contributed by atoms with E-state index in [1.54, 1.807) is 26.0 Å². The summed E-state index contributed by atoms with van der Waals surface area (Å²) in [5.41, 5.74) is 2.57. The van der Waals surface area contributed by atoms with Gasteiger partial charge in [0.1, 0.15) is 0 Å². The smallest absolute Gasteiger partial charge is 0.282 e. The topological polar surface area (TPSA) is 27.2 Å². The van der Waals surface area contributed by atoms with Gasteiger partial charge < -0.3 is 14.3 Å². The molecule has 4 nitrogen and oxygen atoms in total. The molecule has 2 aliphatic carbocycles. The Hall–Kier alpha value is -3.06. The molecular weight excluding hydrogens is 605 g/mol. The highest BCUT2D eigenvalue weighted by Crippen LogP contribution is 2.49. The number of methoxy groups -OCH3 is 2. The van der Waals surface area contributed by atoms with Crippen molar-refractivity contribution in [1.82, 2.24) is 0 Å². The van der Waals surface area contributed by atoms with Gasteiger partial charge in [-0.25, -0.2) is 13.1 Å². The molecule has 6 heteroatoms. The summed E-state index contributed by atoms with van der Waals surface area (Å²) in [5, 5.41) is 0. The first-order valence-electron chi connectivity index (χ1n) is 16.8. The lowest BCUT2D eigenvalue weighted by molar-refractivity contribution is 0.344. The first-order valence-corrected chi connectivity index (χ1v) is 18.6. The van der Waals surface area contributed by atoms with Crippen LogP contribution in [0.4, 0.5) is 0 Å². The van der Waals surface area contributed by atoms with Gasteiger partial charge in [0.25, 0.3) is 4.87 Å². The zero-order valence-electron chi connectivity index (χ0n) is 28.4. The Kier molecular flexibility index (Phi) is 16.5. The van der Waals surface area contributed by atoms with Crippen molar-refractivity contribution >= 4 is 23.5 Å². The van der Waals surface area contributed by atoms with Crippen LogP contribution in [0.3, 0.4) is 0 Å². The lowest BCUT2D eigenvalue weighted by Gasteiger charge is -2.26. The summed E-state index contributed by atoms with van der Waals surface area (Å²) in [5.74, 6) is 2.71. The number of benzene rings is 3. The highest BCUT2D eigenvalue weighted by atomic mass is 32.2. The summed E-state index contributed by atoms with van der Waals surface area (Å²) in [7, 11) is 3.28. The molecule has 3 aromatic rings. The van der Waals surface area contributed by atoms with Crippen LogP contribution in [0.15, 0.2) is 82.6 Å². The van der Waals surface area contributed by atoms with E-state index in [2.05, 4.69) is 72.1 Å². The largest absolute Gasteiger partial charge is 0.493 e. The van der Waals surface area contributed by atoms with Gasteiger partial charge in [0.2, 0.25) is 5.54 Å². The second-order valence-electron chi connectivity index (χ2n) is 12.3. The van der Waals surface area contributed by atoms with E-state index in [0.717, 1.165) is 61.3 Å². The molecule has 0 radical (unpaired) electrons. The Morgan fingerprint density at radius 2 is 1.39 bits per heavy atom. The van der Waals surface area contributed by atoms with Gasteiger partial charge in [-0.2, -0.15) is 0 Å².